The van der Waals surface area contributed by atoms with Crippen LogP contribution < -0.4 is 5.32 Å². The highest BCUT2D eigenvalue weighted by Gasteiger charge is 2.38. The van der Waals surface area contributed by atoms with E-state index in [1.165, 1.54) is 4.90 Å². The first-order valence-electron chi connectivity index (χ1n) is 11.6. The molecule has 3 aromatic rings. The zero-order valence-electron chi connectivity index (χ0n) is 19.2. The fourth-order valence-electron chi connectivity index (χ4n) is 5.07. The Balaban J connectivity index is 1.24. The fourth-order valence-corrected chi connectivity index (χ4v) is 5.07. The van der Waals surface area contributed by atoms with Crippen molar-refractivity contribution in [2.75, 3.05) is 18.5 Å². The zero-order chi connectivity index (χ0) is 24.5. The van der Waals surface area contributed by atoms with Gasteiger partial charge in [-0.1, -0.05) is 54.6 Å². The van der Waals surface area contributed by atoms with Crippen molar-refractivity contribution in [2.24, 2.45) is 5.92 Å². The van der Waals surface area contributed by atoms with Gasteiger partial charge in [0, 0.05) is 18.5 Å². The molecule has 178 valence electrons. The predicted octanol–water partition coefficient (Wildman–Crippen LogP) is 4.38. The van der Waals surface area contributed by atoms with Gasteiger partial charge in [0.05, 0.1) is 5.92 Å². The van der Waals surface area contributed by atoms with Gasteiger partial charge < -0.3 is 14.7 Å². The van der Waals surface area contributed by atoms with Crippen molar-refractivity contribution in [1.82, 2.24) is 9.88 Å². The summed E-state index contributed by atoms with van der Waals surface area (Å²) in [6.07, 6.45) is -0.260. The normalized spacial score (nSPS) is 18.6. The Morgan fingerprint density at radius 3 is 2.29 bits per heavy atom. The number of hydrogen-bond donors (Lipinski definition) is 2. The lowest BCUT2D eigenvalue weighted by atomic mass is 9.98. The predicted molar refractivity (Wildman–Crippen MR) is 129 cm³/mol. The van der Waals surface area contributed by atoms with E-state index >= 15 is 0 Å². The third-order valence-corrected chi connectivity index (χ3v) is 6.88. The van der Waals surface area contributed by atoms with E-state index in [-0.39, 0.29) is 29.9 Å². The number of anilines is 1. The van der Waals surface area contributed by atoms with E-state index in [1.807, 2.05) is 36.4 Å². The second-order valence-corrected chi connectivity index (χ2v) is 8.83. The van der Waals surface area contributed by atoms with Crippen LogP contribution in [0.3, 0.4) is 0 Å². The average molecular weight is 472 g/mol. The molecule has 8 nitrogen and oxygen atoms in total. The summed E-state index contributed by atoms with van der Waals surface area (Å²) >= 11 is 0. The van der Waals surface area contributed by atoms with Crippen LogP contribution in [0.25, 0.3) is 11.1 Å². The standard InChI is InChI=1S/C27H25N3O5/c1-16-17(26(32)33)13-14-30(16)25(31)23-11-6-12-24(28-23)29-27(34)35-15-22-20-9-4-2-7-18(20)19-8-3-5-10-21(19)22/h2-12,16-17,22H,13-15H2,1H3,(H,32,33)(H,28,29,34). The molecule has 2 unspecified atom stereocenters. The van der Waals surface area contributed by atoms with E-state index in [0.29, 0.717) is 13.0 Å². The molecule has 1 fully saturated rings. The highest BCUT2D eigenvalue weighted by atomic mass is 16.5. The summed E-state index contributed by atoms with van der Waals surface area (Å²) in [4.78, 5) is 42.6. The van der Waals surface area contributed by atoms with E-state index in [9.17, 15) is 19.5 Å². The number of carboxylic acid groups (broad SMARTS) is 1. The van der Waals surface area contributed by atoms with Crippen LogP contribution in [0, 0.1) is 5.92 Å². The zero-order valence-corrected chi connectivity index (χ0v) is 19.2. The first-order chi connectivity index (χ1) is 16.9. The lowest BCUT2D eigenvalue weighted by Gasteiger charge is -2.23. The number of ether oxygens (including phenoxy) is 1. The number of carbonyl (C=O) groups excluding carboxylic acids is 2. The van der Waals surface area contributed by atoms with Gasteiger partial charge in [-0.3, -0.25) is 14.9 Å². The summed E-state index contributed by atoms with van der Waals surface area (Å²) < 4.78 is 5.55. The SMILES string of the molecule is CC1C(C(=O)O)CCN1C(=O)c1cccc(NC(=O)OCC2c3ccccc3-c3ccccc32)n1. The summed E-state index contributed by atoms with van der Waals surface area (Å²) in [5.74, 6) is -1.74. The minimum atomic E-state index is -0.911. The van der Waals surface area contributed by atoms with Crippen LogP contribution in [0.2, 0.25) is 0 Å². The van der Waals surface area contributed by atoms with Crippen LogP contribution >= 0.6 is 0 Å². The quantitative estimate of drug-likeness (QED) is 0.572. The maximum absolute atomic E-state index is 12.9. The van der Waals surface area contributed by atoms with Gasteiger partial charge in [0.2, 0.25) is 0 Å². The highest BCUT2D eigenvalue weighted by Crippen LogP contribution is 2.44. The maximum atomic E-state index is 12.9. The molecule has 0 radical (unpaired) electrons. The number of aromatic nitrogens is 1. The Kier molecular flexibility index (Phi) is 5.94. The first kappa shape index (κ1) is 22.6. The van der Waals surface area contributed by atoms with Gasteiger partial charge in [-0.25, -0.2) is 9.78 Å². The van der Waals surface area contributed by atoms with Crippen LogP contribution in [-0.4, -0.2) is 52.2 Å². The third-order valence-electron chi connectivity index (χ3n) is 6.88. The van der Waals surface area contributed by atoms with Gasteiger partial charge >= 0.3 is 12.1 Å². The van der Waals surface area contributed by atoms with E-state index in [4.69, 9.17) is 4.74 Å². The van der Waals surface area contributed by atoms with Gasteiger partial charge in [0.1, 0.15) is 18.1 Å². The smallest absolute Gasteiger partial charge is 0.412 e. The number of aliphatic carboxylic acids is 1. The van der Waals surface area contributed by atoms with Crippen LogP contribution in [0.15, 0.2) is 66.7 Å². The number of likely N-dealkylation sites (tertiary alicyclic amines) is 1. The Labute approximate surface area is 202 Å². The van der Waals surface area contributed by atoms with Gasteiger partial charge in [-0.2, -0.15) is 0 Å². The molecule has 1 saturated heterocycles. The summed E-state index contributed by atoms with van der Waals surface area (Å²) in [6.45, 7) is 2.24. The Morgan fingerprint density at radius 2 is 1.66 bits per heavy atom. The average Bonchev–Trinajstić information content (AvgIpc) is 3.40. The minimum Gasteiger partial charge on any atom is -0.481 e. The molecule has 8 heteroatoms. The van der Waals surface area contributed by atoms with Crippen molar-refractivity contribution in [3.8, 4) is 11.1 Å². The summed E-state index contributed by atoms with van der Waals surface area (Å²) in [7, 11) is 0. The molecule has 2 heterocycles. The van der Waals surface area contributed by atoms with Crippen molar-refractivity contribution >= 4 is 23.8 Å². The molecular weight excluding hydrogens is 446 g/mol. The number of carbonyl (C=O) groups is 3. The van der Waals surface area contributed by atoms with Crippen molar-refractivity contribution in [2.45, 2.75) is 25.3 Å². The lowest BCUT2D eigenvalue weighted by Crippen LogP contribution is -2.38. The van der Waals surface area contributed by atoms with Crippen LogP contribution in [0.4, 0.5) is 10.6 Å². The Bertz CT molecular complexity index is 1260. The minimum absolute atomic E-state index is 0.0622. The summed E-state index contributed by atoms with van der Waals surface area (Å²) in [5.41, 5.74) is 4.66. The molecule has 0 bridgehead atoms. The van der Waals surface area contributed by atoms with Crippen molar-refractivity contribution in [3.63, 3.8) is 0 Å². The molecule has 2 atom stereocenters. The molecule has 2 aromatic carbocycles. The molecule has 2 N–H and O–H groups in total. The molecular formula is C27H25N3O5. The Morgan fingerprint density at radius 1 is 1.00 bits per heavy atom. The van der Waals surface area contributed by atoms with Crippen LogP contribution in [-0.2, 0) is 9.53 Å². The topological polar surface area (TPSA) is 109 Å². The molecule has 1 aliphatic carbocycles. The van der Waals surface area contributed by atoms with Crippen LogP contribution in [0.5, 0.6) is 0 Å². The van der Waals surface area contributed by atoms with Crippen molar-refractivity contribution in [1.29, 1.82) is 0 Å². The van der Waals surface area contributed by atoms with Crippen molar-refractivity contribution < 1.29 is 24.2 Å². The van der Waals surface area contributed by atoms with E-state index < -0.39 is 24.0 Å². The summed E-state index contributed by atoms with van der Waals surface area (Å²) in [5, 5.41) is 11.9. The number of fused-ring (bicyclic) bond motifs is 3. The molecule has 1 aromatic heterocycles. The molecule has 2 aliphatic rings. The second-order valence-electron chi connectivity index (χ2n) is 8.83. The molecule has 35 heavy (non-hydrogen) atoms. The number of benzene rings is 2. The number of hydrogen-bond acceptors (Lipinski definition) is 5. The van der Waals surface area contributed by atoms with E-state index in [2.05, 4.69) is 22.4 Å². The third kappa shape index (κ3) is 4.23. The molecule has 2 amide bonds. The maximum Gasteiger partial charge on any atom is 0.412 e. The van der Waals surface area contributed by atoms with E-state index in [1.54, 1.807) is 25.1 Å². The molecule has 5 rings (SSSR count). The summed E-state index contributed by atoms with van der Waals surface area (Å²) in [6, 6.07) is 20.5. The number of nitrogens with zero attached hydrogens (tertiary/aromatic N) is 2. The number of carboxylic acids is 1. The van der Waals surface area contributed by atoms with Gasteiger partial charge in [0.15, 0.2) is 0 Å². The highest BCUT2D eigenvalue weighted by molar-refractivity contribution is 5.94. The molecule has 0 saturated carbocycles. The molecule has 0 spiro atoms. The monoisotopic (exact) mass is 471 g/mol. The second kappa shape index (κ2) is 9.21. The number of nitrogens with one attached hydrogen (secondary N) is 1. The van der Waals surface area contributed by atoms with Gasteiger partial charge in [-0.15, -0.1) is 0 Å². The van der Waals surface area contributed by atoms with Crippen molar-refractivity contribution in [3.05, 3.63) is 83.6 Å². The lowest BCUT2D eigenvalue weighted by molar-refractivity contribution is -0.142. The Hall–Kier alpha value is -4.20. The number of rotatable bonds is 5. The number of amides is 2. The first-order valence-corrected chi connectivity index (χ1v) is 11.6. The van der Waals surface area contributed by atoms with E-state index in [0.717, 1.165) is 22.3 Å². The largest absolute Gasteiger partial charge is 0.481 e. The fraction of sp³-hybridized carbons (Fsp3) is 0.259. The number of pyridine rings is 1. The van der Waals surface area contributed by atoms with Gasteiger partial charge in [0.25, 0.3) is 5.91 Å². The van der Waals surface area contributed by atoms with Crippen LogP contribution in [0.1, 0.15) is 40.9 Å². The van der Waals surface area contributed by atoms with Gasteiger partial charge in [-0.05, 0) is 47.7 Å². The molecule has 1 aliphatic heterocycles.